The van der Waals surface area contributed by atoms with E-state index in [1.54, 1.807) is 33.1 Å². The highest BCUT2D eigenvalue weighted by atomic mass is 32.2. The highest BCUT2D eigenvalue weighted by Gasteiger charge is 2.40. The highest BCUT2D eigenvalue weighted by molar-refractivity contribution is 8.00. The maximum atomic E-state index is 6.01. The Bertz CT molecular complexity index is 592. The van der Waals surface area contributed by atoms with E-state index in [2.05, 4.69) is 17.6 Å². The molecule has 0 fully saturated rings. The van der Waals surface area contributed by atoms with E-state index in [4.69, 9.17) is 17.7 Å². The van der Waals surface area contributed by atoms with Gasteiger partial charge in [0.25, 0.3) is 5.52 Å². The molecular formula is C15H24NO4SSi+. The molecule has 2 aromatic rings. The quantitative estimate of drug-likeness (QED) is 0.398. The van der Waals surface area contributed by atoms with Crippen molar-refractivity contribution in [3.8, 4) is 0 Å². The topological polar surface area (TPSA) is 44.7 Å². The molecule has 0 aliphatic rings. The van der Waals surface area contributed by atoms with Crippen LogP contribution in [0.5, 0.6) is 0 Å². The maximum absolute atomic E-state index is 6.01. The summed E-state index contributed by atoms with van der Waals surface area (Å²) in [5.74, 6) is 0. The van der Waals surface area contributed by atoms with Gasteiger partial charge in [-0.25, -0.2) is 0 Å². The van der Waals surface area contributed by atoms with Gasteiger partial charge in [-0.3, -0.25) is 0 Å². The van der Waals surface area contributed by atoms with Crippen LogP contribution in [0, 0.1) is 0 Å². The van der Waals surface area contributed by atoms with Crippen molar-refractivity contribution in [1.29, 1.82) is 0 Å². The van der Waals surface area contributed by atoms with Crippen LogP contribution < -0.4 is 4.57 Å². The number of fused-ring (bicyclic) bond motifs is 1. The molecule has 0 saturated carbocycles. The minimum absolute atomic E-state index is 0.614. The molecule has 0 aliphatic heterocycles. The predicted octanol–water partition coefficient (Wildman–Crippen LogP) is 3.03. The van der Waals surface area contributed by atoms with Gasteiger partial charge in [0.05, 0.1) is 5.38 Å². The van der Waals surface area contributed by atoms with Crippen LogP contribution in [0.1, 0.15) is 19.8 Å². The van der Waals surface area contributed by atoms with Gasteiger partial charge >= 0.3 is 14.0 Å². The molecule has 0 aliphatic carbocycles. The predicted molar refractivity (Wildman–Crippen MR) is 88.8 cm³/mol. The van der Waals surface area contributed by atoms with Crippen molar-refractivity contribution in [1.82, 2.24) is 0 Å². The minimum atomic E-state index is -2.61. The van der Waals surface area contributed by atoms with Crippen molar-refractivity contribution in [3.63, 3.8) is 0 Å². The van der Waals surface area contributed by atoms with Gasteiger partial charge in [-0.05, 0) is 17.8 Å². The fourth-order valence-corrected chi connectivity index (χ4v) is 5.84. The van der Waals surface area contributed by atoms with Crippen LogP contribution in [-0.4, -0.2) is 35.5 Å². The van der Waals surface area contributed by atoms with Gasteiger partial charge < -0.3 is 17.7 Å². The lowest BCUT2D eigenvalue weighted by Crippen LogP contribution is -2.46. The normalized spacial score (nSPS) is 12.2. The summed E-state index contributed by atoms with van der Waals surface area (Å²) in [5, 5.41) is 1.49. The minimum Gasteiger partial charge on any atom is -0.393 e. The first-order valence-electron chi connectivity index (χ1n) is 7.39. The third-order valence-corrected chi connectivity index (χ3v) is 8.02. The lowest BCUT2D eigenvalue weighted by molar-refractivity contribution is -0.716. The van der Waals surface area contributed by atoms with Crippen LogP contribution in [-0.2, 0) is 19.8 Å². The molecule has 1 heterocycles. The average molecular weight is 343 g/mol. The number of oxazole rings is 1. The Morgan fingerprint density at radius 2 is 1.82 bits per heavy atom. The summed E-state index contributed by atoms with van der Waals surface area (Å²) in [6.07, 6.45) is 2.26. The maximum Gasteiger partial charge on any atom is 0.511 e. The van der Waals surface area contributed by atoms with E-state index < -0.39 is 8.80 Å². The van der Waals surface area contributed by atoms with E-state index in [9.17, 15) is 0 Å². The Morgan fingerprint density at radius 1 is 1.14 bits per heavy atom. The third-order valence-electron chi connectivity index (χ3n) is 3.61. The summed E-state index contributed by atoms with van der Waals surface area (Å²) in [4.78, 5) is 0. The lowest BCUT2D eigenvalue weighted by atomic mass is 10.3. The van der Waals surface area contributed by atoms with Crippen LogP contribution in [0.2, 0.25) is 0 Å². The van der Waals surface area contributed by atoms with Gasteiger partial charge in [0.15, 0.2) is 6.54 Å². The number of nitrogens with zero attached hydrogens (tertiary/aromatic N) is 1. The van der Waals surface area contributed by atoms with Crippen LogP contribution in [0.25, 0.3) is 11.1 Å². The summed E-state index contributed by atoms with van der Waals surface area (Å²) in [5.41, 5.74) is 2.03. The molecule has 0 amide bonds. The molecular weight excluding hydrogens is 318 g/mol. The van der Waals surface area contributed by atoms with E-state index in [1.807, 2.05) is 18.2 Å². The van der Waals surface area contributed by atoms with Crippen LogP contribution >= 0.6 is 11.8 Å². The lowest BCUT2D eigenvalue weighted by Gasteiger charge is -2.22. The molecule has 122 valence electrons. The molecule has 0 spiro atoms. The largest absolute Gasteiger partial charge is 0.511 e. The van der Waals surface area contributed by atoms with E-state index in [0.717, 1.165) is 35.7 Å². The fourth-order valence-electron chi connectivity index (χ4n) is 2.23. The Hall–Kier alpha value is -0.863. The molecule has 0 radical (unpaired) electrons. The first-order chi connectivity index (χ1) is 10.7. The second kappa shape index (κ2) is 8.12. The molecule has 0 N–H and O–H groups in total. The summed E-state index contributed by atoms with van der Waals surface area (Å²) in [6, 6.07) is 8.11. The van der Waals surface area contributed by atoms with Crippen LogP contribution in [0.3, 0.4) is 0 Å². The van der Waals surface area contributed by atoms with Crippen molar-refractivity contribution in [2.75, 3.05) is 26.7 Å². The smallest absolute Gasteiger partial charge is 0.393 e. The SMILES string of the molecule is CCCC[n+]1c(SC[Si](OC)(OC)OC)oc2ccccc21. The first-order valence-corrected chi connectivity index (χ1v) is 10.3. The molecule has 0 atom stereocenters. The van der Waals surface area contributed by atoms with Crippen molar-refractivity contribution in [3.05, 3.63) is 24.3 Å². The number of hydrogen-bond donors (Lipinski definition) is 0. The molecule has 1 aromatic carbocycles. The van der Waals surface area contributed by atoms with Gasteiger partial charge in [0, 0.05) is 33.8 Å². The number of hydrogen-bond acceptors (Lipinski definition) is 5. The first kappa shape index (κ1) is 17.5. The van der Waals surface area contributed by atoms with Crippen molar-refractivity contribution >= 4 is 31.7 Å². The van der Waals surface area contributed by atoms with E-state index >= 15 is 0 Å². The van der Waals surface area contributed by atoms with Gasteiger partial charge in [-0.2, -0.15) is 4.57 Å². The van der Waals surface area contributed by atoms with E-state index in [-0.39, 0.29) is 0 Å². The average Bonchev–Trinajstić information content (AvgIpc) is 2.92. The van der Waals surface area contributed by atoms with E-state index in [1.165, 1.54) is 0 Å². The van der Waals surface area contributed by atoms with Gasteiger partial charge in [-0.1, -0.05) is 25.5 Å². The zero-order valence-electron chi connectivity index (χ0n) is 13.6. The molecule has 0 unspecified atom stereocenters. The molecule has 0 saturated heterocycles. The molecule has 2 rings (SSSR count). The zero-order valence-corrected chi connectivity index (χ0v) is 15.4. The summed E-state index contributed by atoms with van der Waals surface area (Å²) in [7, 11) is 2.27. The number of aromatic nitrogens is 1. The number of para-hydroxylation sites is 2. The van der Waals surface area contributed by atoms with Crippen LogP contribution in [0.4, 0.5) is 0 Å². The van der Waals surface area contributed by atoms with Crippen LogP contribution in [0.15, 0.2) is 33.9 Å². The van der Waals surface area contributed by atoms with Crippen molar-refractivity contribution < 1.29 is 22.3 Å². The Labute approximate surface area is 136 Å². The third kappa shape index (κ3) is 3.72. The summed E-state index contributed by atoms with van der Waals surface area (Å²) in [6.45, 7) is 3.13. The van der Waals surface area contributed by atoms with Gasteiger partial charge in [-0.15, -0.1) is 0 Å². The number of benzene rings is 1. The molecule has 7 heteroatoms. The Kier molecular flexibility index (Phi) is 6.46. The van der Waals surface area contributed by atoms with Gasteiger partial charge in [0.1, 0.15) is 0 Å². The molecule has 0 bridgehead atoms. The van der Waals surface area contributed by atoms with E-state index in [0.29, 0.717) is 5.38 Å². The van der Waals surface area contributed by atoms with Crippen molar-refractivity contribution in [2.45, 2.75) is 31.5 Å². The Balaban J connectivity index is 2.26. The van der Waals surface area contributed by atoms with Crippen molar-refractivity contribution in [2.24, 2.45) is 0 Å². The monoisotopic (exact) mass is 342 g/mol. The zero-order chi connectivity index (χ0) is 16.0. The molecule has 1 aromatic heterocycles. The number of rotatable bonds is 9. The fraction of sp³-hybridized carbons (Fsp3) is 0.533. The number of thioether (sulfide) groups is 1. The number of aryl methyl sites for hydroxylation is 1. The summed E-state index contributed by atoms with van der Waals surface area (Å²) < 4.78 is 24.7. The standard InChI is InChI=1S/C15H24NO4SSi/c1-5-6-11-16-13-9-7-8-10-14(13)20-15(16)21-12-22(17-2,18-3)19-4/h7-10H,5-6,11-12H2,1-4H3/q+1. The summed E-state index contributed by atoms with van der Waals surface area (Å²) >= 11 is 1.59. The van der Waals surface area contributed by atoms with Gasteiger partial charge in [0.2, 0.25) is 5.58 Å². The molecule has 5 nitrogen and oxygen atoms in total. The second-order valence-corrected chi connectivity index (χ2v) is 9.31. The number of unbranched alkanes of at least 4 members (excludes halogenated alkanes) is 1. The highest BCUT2D eigenvalue weighted by Crippen LogP contribution is 2.25. The Morgan fingerprint density at radius 3 is 2.45 bits per heavy atom. The second-order valence-electron chi connectivity index (χ2n) is 4.92. The molecule has 22 heavy (non-hydrogen) atoms.